The van der Waals surface area contributed by atoms with E-state index in [4.69, 9.17) is 4.74 Å². The normalized spacial score (nSPS) is 16.6. The van der Waals surface area contributed by atoms with Gasteiger partial charge in [0.1, 0.15) is 5.75 Å². The molecule has 0 saturated carbocycles. The molecule has 1 saturated heterocycles. The molecule has 0 aliphatic carbocycles. The van der Waals surface area contributed by atoms with E-state index in [2.05, 4.69) is 46.5 Å². The lowest BCUT2D eigenvalue weighted by molar-refractivity contribution is 0.167. The second-order valence-corrected chi connectivity index (χ2v) is 6.32. The van der Waals surface area contributed by atoms with Crippen molar-refractivity contribution in [3.8, 4) is 5.75 Å². The van der Waals surface area contributed by atoms with Gasteiger partial charge in [0, 0.05) is 38.8 Å². The Morgan fingerprint density at radius 1 is 1.25 bits per heavy atom. The van der Waals surface area contributed by atoms with E-state index in [0.717, 1.165) is 31.3 Å². The summed E-state index contributed by atoms with van der Waals surface area (Å²) >= 11 is 0. The maximum Gasteiger partial charge on any atom is 0.191 e. The van der Waals surface area contributed by atoms with Gasteiger partial charge in [0.2, 0.25) is 0 Å². The Hall–Kier alpha value is -1.02. The average molecular weight is 446 g/mol. The number of halogens is 1. The molecule has 1 heterocycles. The number of aliphatic imine (C=N–C) groups is 1. The summed E-state index contributed by atoms with van der Waals surface area (Å²) in [6, 6.07) is 9.25. The molecule has 0 amide bonds. The number of nitrogens with zero attached hydrogens (tertiary/aromatic N) is 2. The van der Waals surface area contributed by atoms with Crippen molar-refractivity contribution < 1.29 is 4.74 Å². The third-order valence-electron chi connectivity index (χ3n) is 4.44. The zero-order valence-electron chi connectivity index (χ0n) is 15.2. The van der Waals surface area contributed by atoms with E-state index in [9.17, 15) is 0 Å². The molecule has 0 atom stereocenters. The smallest absolute Gasteiger partial charge is 0.191 e. The van der Waals surface area contributed by atoms with E-state index in [-0.39, 0.29) is 24.0 Å². The minimum atomic E-state index is 0. The van der Waals surface area contributed by atoms with Crippen LogP contribution in [0.4, 0.5) is 0 Å². The molecular weight excluding hydrogens is 415 g/mol. The Labute approximate surface area is 163 Å². The van der Waals surface area contributed by atoms with Crippen LogP contribution in [0.5, 0.6) is 5.75 Å². The Bertz CT molecular complexity index is 496. The number of piperidine rings is 1. The Morgan fingerprint density at radius 2 is 1.88 bits per heavy atom. The predicted molar refractivity (Wildman–Crippen MR) is 111 cm³/mol. The molecule has 0 radical (unpaired) electrons. The van der Waals surface area contributed by atoms with Crippen molar-refractivity contribution >= 4 is 29.9 Å². The number of ether oxygens (including phenoxy) is 1. The molecule has 2 rings (SSSR count). The number of nitrogens with one attached hydrogen (secondary N) is 2. The van der Waals surface area contributed by atoms with Gasteiger partial charge in [-0.1, -0.05) is 12.1 Å². The van der Waals surface area contributed by atoms with Gasteiger partial charge in [-0.05, 0) is 44.4 Å². The molecule has 5 nitrogen and oxygen atoms in total. The van der Waals surface area contributed by atoms with Crippen LogP contribution in [0.3, 0.4) is 0 Å². The molecule has 1 fully saturated rings. The molecule has 6 heteroatoms. The zero-order valence-corrected chi connectivity index (χ0v) is 17.5. The second-order valence-electron chi connectivity index (χ2n) is 6.32. The van der Waals surface area contributed by atoms with Gasteiger partial charge in [-0.3, -0.25) is 4.99 Å². The van der Waals surface area contributed by atoms with E-state index in [1.807, 2.05) is 19.2 Å². The average Bonchev–Trinajstić information content (AvgIpc) is 2.59. The lowest BCUT2D eigenvalue weighted by atomic mass is 10.0. The van der Waals surface area contributed by atoms with Crippen molar-refractivity contribution in [1.82, 2.24) is 15.5 Å². The zero-order chi connectivity index (χ0) is 16.7. The Kier molecular flexibility index (Phi) is 9.43. The fourth-order valence-electron chi connectivity index (χ4n) is 2.88. The van der Waals surface area contributed by atoms with Crippen molar-refractivity contribution in [1.29, 1.82) is 0 Å². The Morgan fingerprint density at radius 3 is 2.38 bits per heavy atom. The predicted octanol–water partition coefficient (Wildman–Crippen LogP) is 2.85. The van der Waals surface area contributed by atoms with Crippen LogP contribution in [-0.2, 0) is 6.54 Å². The number of methoxy groups -OCH3 is 1. The summed E-state index contributed by atoms with van der Waals surface area (Å²) in [7, 11) is 3.51. The standard InChI is InChI=1S/C18H30N4O.HI/c1-14(2)22-11-9-16(10-12-22)21-18(19-3)20-13-15-5-7-17(23-4)8-6-15;/h5-8,14,16H,9-13H2,1-4H3,(H2,19,20,21);1H. The van der Waals surface area contributed by atoms with Gasteiger partial charge in [0.05, 0.1) is 7.11 Å². The van der Waals surface area contributed by atoms with Crippen molar-refractivity contribution in [3.63, 3.8) is 0 Å². The summed E-state index contributed by atoms with van der Waals surface area (Å²) in [5, 5.41) is 6.93. The summed E-state index contributed by atoms with van der Waals surface area (Å²) in [6.45, 7) is 7.61. The fourth-order valence-corrected chi connectivity index (χ4v) is 2.88. The maximum absolute atomic E-state index is 5.18. The van der Waals surface area contributed by atoms with Crippen LogP contribution in [-0.4, -0.2) is 50.2 Å². The maximum atomic E-state index is 5.18. The molecule has 0 bridgehead atoms. The van der Waals surface area contributed by atoms with Gasteiger partial charge in [0.25, 0.3) is 0 Å². The molecule has 0 aromatic heterocycles. The summed E-state index contributed by atoms with van der Waals surface area (Å²) in [5.74, 6) is 1.76. The number of hydrogen-bond acceptors (Lipinski definition) is 3. The van der Waals surface area contributed by atoms with Crippen molar-refractivity contribution in [2.45, 2.75) is 45.3 Å². The molecular formula is C18H31IN4O. The van der Waals surface area contributed by atoms with Crippen LogP contribution in [0.2, 0.25) is 0 Å². The number of likely N-dealkylation sites (tertiary alicyclic amines) is 1. The number of hydrogen-bond donors (Lipinski definition) is 2. The van der Waals surface area contributed by atoms with Gasteiger partial charge < -0.3 is 20.3 Å². The lowest BCUT2D eigenvalue weighted by Gasteiger charge is -2.35. The molecule has 1 aromatic rings. The first kappa shape index (κ1) is 21.0. The van der Waals surface area contributed by atoms with E-state index < -0.39 is 0 Å². The first-order valence-electron chi connectivity index (χ1n) is 8.46. The first-order chi connectivity index (χ1) is 11.1. The third kappa shape index (κ3) is 6.47. The minimum Gasteiger partial charge on any atom is -0.497 e. The van der Waals surface area contributed by atoms with E-state index in [0.29, 0.717) is 12.1 Å². The summed E-state index contributed by atoms with van der Waals surface area (Å²) < 4.78 is 5.18. The number of guanidine groups is 1. The van der Waals surface area contributed by atoms with Gasteiger partial charge in [0.15, 0.2) is 5.96 Å². The van der Waals surface area contributed by atoms with E-state index in [1.165, 1.54) is 18.4 Å². The highest BCUT2D eigenvalue weighted by Crippen LogP contribution is 2.13. The van der Waals surface area contributed by atoms with Crippen molar-refractivity contribution in [2.75, 3.05) is 27.2 Å². The number of rotatable bonds is 5. The molecule has 136 valence electrons. The van der Waals surface area contributed by atoms with Crippen molar-refractivity contribution in [3.05, 3.63) is 29.8 Å². The highest BCUT2D eigenvalue weighted by atomic mass is 127. The molecule has 1 aliphatic rings. The van der Waals surface area contributed by atoms with Gasteiger partial charge in [-0.2, -0.15) is 0 Å². The molecule has 24 heavy (non-hydrogen) atoms. The summed E-state index contributed by atoms with van der Waals surface area (Å²) in [4.78, 5) is 6.87. The van der Waals surface area contributed by atoms with Crippen LogP contribution in [0, 0.1) is 0 Å². The van der Waals surface area contributed by atoms with Gasteiger partial charge >= 0.3 is 0 Å². The largest absolute Gasteiger partial charge is 0.497 e. The molecule has 1 aliphatic heterocycles. The minimum absolute atomic E-state index is 0. The van der Waals surface area contributed by atoms with Crippen LogP contribution in [0.25, 0.3) is 0 Å². The highest BCUT2D eigenvalue weighted by Gasteiger charge is 2.21. The Balaban J connectivity index is 0.00000288. The SMILES string of the molecule is CN=C(NCc1ccc(OC)cc1)NC1CCN(C(C)C)CC1.I. The quantitative estimate of drug-likeness (QED) is 0.415. The molecule has 2 N–H and O–H groups in total. The van der Waals surface area contributed by atoms with Crippen LogP contribution >= 0.6 is 24.0 Å². The molecule has 0 unspecified atom stereocenters. The van der Waals surface area contributed by atoms with E-state index in [1.54, 1.807) is 7.11 Å². The fraction of sp³-hybridized carbons (Fsp3) is 0.611. The van der Waals surface area contributed by atoms with Crippen LogP contribution in [0.15, 0.2) is 29.3 Å². The summed E-state index contributed by atoms with van der Waals surface area (Å²) in [6.07, 6.45) is 2.34. The monoisotopic (exact) mass is 446 g/mol. The summed E-state index contributed by atoms with van der Waals surface area (Å²) in [5.41, 5.74) is 1.21. The highest BCUT2D eigenvalue weighted by molar-refractivity contribution is 14.0. The van der Waals surface area contributed by atoms with Gasteiger partial charge in [-0.15, -0.1) is 24.0 Å². The van der Waals surface area contributed by atoms with Gasteiger partial charge in [-0.25, -0.2) is 0 Å². The lowest BCUT2D eigenvalue weighted by Crippen LogP contribution is -2.49. The third-order valence-corrected chi connectivity index (χ3v) is 4.44. The molecule has 1 aromatic carbocycles. The van der Waals surface area contributed by atoms with Crippen molar-refractivity contribution in [2.24, 2.45) is 4.99 Å². The van der Waals surface area contributed by atoms with E-state index >= 15 is 0 Å². The second kappa shape index (κ2) is 10.8. The van der Waals surface area contributed by atoms with Crippen LogP contribution in [0.1, 0.15) is 32.3 Å². The first-order valence-corrected chi connectivity index (χ1v) is 8.46. The molecule has 0 spiro atoms. The number of benzene rings is 1. The topological polar surface area (TPSA) is 48.9 Å². The van der Waals surface area contributed by atoms with Crippen LogP contribution < -0.4 is 15.4 Å².